The van der Waals surface area contributed by atoms with E-state index in [1.54, 1.807) is 20.8 Å². The lowest BCUT2D eigenvalue weighted by molar-refractivity contribution is -0.156. The third kappa shape index (κ3) is 15.0. The number of halogens is 5. The van der Waals surface area contributed by atoms with Crippen LogP contribution in [-0.2, 0) is 39.9 Å². The summed E-state index contributed by atoms with van der Waals surface area (Å²) in [7, 11) is 1.06. The number of nitrogens with one attached hydrogen (secondary N) is 2. The Hall–Kier alpha value is -4.75. The Morgan fingerprint density at radius 2 is 1.43 bits per heavy atom. The molecule has 0 aromatic heterocycles. The van der Waals surface area contributed by atoms with Crippen LogP contribution in [0.2, 0.25) is 0 Å². The minimum absolute atomic E-state index is 0.000506. The Bertz CT molecular complexity index is 1530. The summed E-state index contributed by atoms with van der Waals surface area (Å²) in [6.07, 6.45) is -3.41. The van der Waals surface area contributed by atoms with Gasteiger partial charge in [0, 0.05) is 39.5 Å². The van der Waals surface area contributed by atoms with E-state index in [0.717, 1.165) is 20.1 Å². The largest absolute Gasteiger partial charge is 0.483 e. The Kier molecular flexibility index (Phi) is 18.2. The fourth-order valence-corrected chi connectivity index (χ4v) is 4.33. The molecule has 0 heterocycles. The van der Waals surface area contributed by atoms with Crippen LogP contribution >= 0.6 is 0 Å². The molecule has 19 heteroatoms. The zero-order chi connectivity index (χ0) is 39.7. The van der Waals surface area contributed by atoms with Gasteiger partial charge in [0.15, 0.2) is 11.9 Å². The molecule has 3 N–H and O–H groups in total. The van der Waals surface area contributed by atoms with E-state index in [0.29, 0.717) is 0 Å². The van der Waals surface area contributed by atoms with E-state index >= 15 is 0 Å². The van der Waals surface area contributed by atoms with Crippen LogP contribution in [0.4, 0.5) is 26.7 Å². The first kappa shape index (κ1) is 44.4. The lowest BCUT2D eigenvalue weighted by atomic mass is 10.1. The van der Waals surface area contributed by atoms with Crippen molar-refractivity contribution in [2.24, 2.45) is 0 Å². The van der Waals surface area contributed by atoms with Crippen molar-refractivity contribution < 1.29 is 79.4 Å². The number of hydrogen-bond acceptors (Lipinski definition) is 12. The molecule has 0 saturated heterocycles. The molecule has 14 nitrogen and oxygen atoms in total. The number of methoxy groups -OCH3 is 1. The van der Waals surface area contributed by atoms with E-state index in [1.807, 2.05) is 0 Å². The molecule has 53 heavy (non-hydrogen) atoms. The topological polar surface area (TPSA) is 177 Å². The number of carbonyl (C=O) groups excluding carboxylic acids is 4. The van der Waals surface area contributed by atoms with E-state index in [-0.39, 0.29) is 69.2 Å². The summed E-state index contributed by atoms with van der Waals surface area (Å²) in [5.74, 6) is -15.4. The molecule has 2 unspecified atom stereocenters. The van der Waals surface area contributed by atoms with Gasteiger partial charge in [-0.2, -0.15) is 8.78 Å². The molecular formula is C34H43F5N2O12. The van der Waals surface area contributed by atoms with Crippen LogP contribution < -0.4 is 20.1 Å². The third-order valence-corrected chi connectivity index (χ3v) is 6.65. The summed E-state index contributed by atoms with van der Waals surface area (Å²) in [5.41, 5.74) is -0.892. The van der Waals surface area contributed by atoms with Crippen LogP contribution in [0.3, 0.4) is 0 Å². The fourth-order valence-electron chi connectivity index (χ4n) is 4.33. The lowest BCUT2D eigenvalue weighted by Gasteiger charge is -2.23. The van der Waals surface area contributed by atoms with Crippen molar-refractivity contribution in [2.45, 2.75) is 65.0 Å². The first-order valence-corrected chi connectivity index (χ1v) is 16.2. The summed E-state index contributed by atoms with van der Waals surface area (Å²) in [6.45, 7) is 5.73. The number of carbonyl (C=O) groups is 4. The molecular weight excluding hydrogens is 723 g/mol. The number of hydrogen-bond donors (Lipinski definition) is 3. The van der Waals surface area contributed by atoms with Crippen molar-refractivity contribution in [2.75, 3.05) is 53.2 Å². The molecule has 0 aliphatic rings. The van der Waals surface area contributed by atoms with Gasteiger partial charge in [0.2, 0.25) is 29.1 Å². The van der Waals surface area contributed by atoms with Crippen LogP contribution in [0.15, 0.2) is 18.2 Å². The van der Waals surface area contributed by atoms with Crippen LogP contribution in [0.25, 0.3) is 0 Å². The average Bonchev–Trinajstić information content (AvgIpc) is 3.09. The number of rotatable bonds is 21. The molecule has 0 radical (unpaired) electrons. The number of aliphatic hydroxyl groups excluding tert-OH is 1. The normalized spacial score (nSPS) is 12.4. The molecule has 2 amide bonds. The highest BCUT2D eigenvalue weighted by Crippen LogP contribution is 2.31. The third-order valence-electron chi connectivity index (χ3n) is 6.65. The second kappa shape index (κ2) is 21.7. The number of ether oxygens (including phenoxy) is 7. The standard InChI is InChI=1S/C34H43F5N2O12/c1-19(43)51-21(8-11-42)17-24(32(45)47-5)52-23-7-6-20(18-50-30-28(38)26(36)25(35)27(37)29(30)39)16-22(23)31(44)40-9-12-48-14-15-49-13-10-41-33(46)53-34(2,3)4/h6-7,16,21,24,42H,8-15,17-18H2,1-5H3,(H,40,44)(H,41,46). The van der Waals surface area contributed by atoms with Crippen molar-refractivity contribution in [3.8, 4) is 11.5 Å². The maximum Gasteiger partial charge on any atom is 0.407 e. The van der Waals surface area contributed by atoms with Crippen LogP contribution in [0.1, 0.15) is 56.5 Å². The second-order valence-corrected chi connectivity index (χ2v) is 12.0. The predicted octanol–water partition coefficient (Wildman–Crippen LogP) is 3.87. The molecule has 0 spiro atoms. The summed E-state index contributed by atoms with van der Waals surface area (Å²) in [6, 6.07) is 3.54. The van der Waals surface area contributed by atoms with E-state index in [4.69, 9.17) is 33.2 Å². The highest BCUT2D eigenvalue weighted by molar-refractivity contribution is 5.97. The quantitative estimate of drug-likeness (QED) is 0.0418. The molecule has 0 bridgehead atoms. The zero-order valence-electron chi connectivity index (χ0n) is 29.8. The minimum atomic E-state index is -2.37. The SMILES string of the molecule is COC(=O)C(CC(CCO)OC(C)=O)Oc1ccc(COc2c(F)c(F)c(F)c(F)c2F)cc1C(=O)NCCOCCOCCNC(=O)OC(C)(C)C. The van der Waals surface area contributed by atoms with E-state index < -0.39 is 89.8 Å². The molecule has 2 aromatic rings. The van der Waals surface area contributed by atoms with Gasteiger partial charge < -0.3 is 48.9 Å². The van der Waals surface area contributed by atoms with Gasteiger partial charge in [-0.05, 0) is 38.5 Å². The Morgan fingerprint density at radius 1 is 0.849 bits per heavy atom. The van der Waals surface area contributed by atoms with Crippen molar-refractivity contribution in [1.29, 1.82) is 0 Å². The number of amides is 2. The average molecular weight is 767 g/mol. The van der Waals surface area contributed by atoms with Gasteiger partial charge in [0.1, 0.15) is 24.1 Å². The zero-order valence-corrected chi connectivity index (χ0v) is 29.8. The molecule has 2 aromatic carbocycles. The van der Waals surface area contributed by atoms with Gasteiger partial charge in [-0.3, -0.25) is 9.59 Å². The van der Waals surface area contributed by atoms with Crippen molar-refractivity contribution >= 4 is 23.9 Å². The highest BCUT2D eigenvalue weighted by Gasteiger charge is 2.30. The van der Waals surface area contributed by atoms with Crippen LogP contribution in [0.5, 0.6) is 11.5 Å². The van der Waals surface area contributed by atoms with Crippen LogP contribution in [0, 0.1) is 29.1 Å². The fraction of sp³-hybridized carbons (Fsp3) is 0.529. The van der Waals surface area contributed by atoms with Gasteiger partial charge in [-0.1, -0.05) is 6.07 Å². The Labute approximate surface area is 302 Å². The highest BCUT2D eigenvalue weighted by atomic mass is 19.2. The number of esters is 2. The van der Waals surface area contributed by atoms with Crippen LogP contribution in [-0.4, -0.2) is 100 Å². The van der Waals surface area contributed by atoms with Crippen molar-refractivity contribution in [3.05, 3.63) is 58.4 Å². The molecule has 0 saturated carbocycles. The monoisotopic (exact) mass is 766 g/mol. The Balaban J connectivity index is 2.15. The summed E-state index contributed by atoms with van der Waals surface area (Å²) in [5, 5.41) is 14.5. The molecule has 296 valence electrons. The molecule has 0 fully saturated rings. The molecule has 0 aliphatic carbocycles. The molecule has 0 aliphatic heterocycles. The van der Waals surface area contributed by atoms with E-state index in [2.05, 4.69) is 10.6 Å². The number of alkyl carbamates (subject to hydrolysis) is 1. The predicted molar refractivity (Wildman–Crippen MR) is 174 cm³/mol. The molecule has 2 rings (SSSR count). The number of benzene rings is 2. The smallest absolute Gasteiger partial charge is 0.407 e. The maximum absolute atomic E-state index is 14.2. The summed E-state index contributed by atoms with van der Waals surface area (Å²) < 4.78 is 106. The van der Waals surface area contributed by atoms with Crippen molar-refractivity contribution in [1.82, 2.24) is 10.6 Å². The van der Waals surface area contributed by atoms with Gasteiger partial charge in [-0.15, -0.1) is 0 Å². The molecule has 2 atom stereocenters. The summed E-state index contributed by atoms with van der Waals surface area (Å²) >= 11 is 0. The Morgan fingerprint density at radius 3 is 1.98 bits per heavy atom. The second-order valence-electron chi connectivity index (χ2n) is 12.0. The van der Waals surface area contributed by atoms with E-state index in [1.165, 1.54) is 12.1 Å². The summed E-state index contributed by atoms with van der Waals surface area (Å²) in [4.78, 5) is 49.2. The minimum Gasteiger partial charge on any atom is -0.483 e. The van der Waals surface area contributed by atoms with Gasteiger partial charge >= 0.3 is 18.0 Å². The van der Waals surface area contributed by atoms with Gasteiger partial charge in [0.05, 0.1) is 39.1 Å². The van der Waals surface area contributed by atoms with Gasteiger partial charge in [-0.25, -0.2) is 22.8 Å². The first-order chi connectivity index (χ1) is 25.0. The lowest BCUT2D eigenvalue weighted by Crippen LogP contribution is -2.35. The first-order valence-electron chi connectivity index (χ1n) is 16.2. The van der Waals surface area contributed by atoms with E-state index in [9.17, 15) is 46.2 Å². The maximum atomic E-state index is 14.2. The number of aliphatic hydroxyl groups is 1. The van der Waals surface area contributed by atoms with Gasteiger partial charge in [0.25, 0.3) is 5.91 Å². The van der Waals surface area contributed by atoms with Crippen molar-refractivity contribution in [3.63, 3.8) is 0 Å².